The molecule has 6 rings (SSSR count). The Morgan fingerprint density at radius 3 is 2.59 bits per heavy atom. The molecule has 3 heterocycles. The third kappa shape index (κ3) is 3.35. The first-order chi connectivity index (χ1) is 16.6. The first-order valence-electron chi connectivity index (χ1n) is 11.0. The molecule has 168 valence electrons. The zero-order valence-corrected chi connectivity index (χ0v) is 18.4. The van der Waals surface area contributed by atoms with Gasteiger partial charge in [0.2, 0.25) is 5.78 Å². The lowest BCUT2D eigenvalue weighted by Crippen LogP contribution is -2.24. The number of carbonyl (C=O) groups is 2. The summed E-state index contributed by atoms with van der Waals surface area (Å²) in [5.74, 6) is 1.78. The van der Waals surface area contributed by atoms with Crippen LogP contribution in [0.2, 0.25) is 0 Å². The van der Waals surface area contributed by atoms with E-state index in [1.165, 1.54) is 0 Å². The Bertz CT molecular complexity index is 1400. The van der Waals surface area contributed by atoms with Crippen LogP contribution >= 0.6 is 0 Å². The fraction of sp³-hybridized carbons (Fsp3) is 0.143. The van der Waals surface area contributed by atoms with E-state index >= 15 is 0 Å². The molecule has 3 aliphatic rings. The van der Waals surface area contributed by atoms with Gasteiger partial charge in [0.25, 0.3) is 0 Å². The van der Waals surface area contributed by atoms with Gasteiger partial charge in [0, 0.05) is 17.0 Å². The fourth-order valence-corrected chi connectivity index (χ4v) is 4.61. The molecule has 3 aromatic carbocycles. The molecule has 34 heavy (non-hydrogen) atoms. The summed E-state index contributed by atoms with van der Waals surface area (Å²) >= 11 is 0. The summed E-state index contributed by atoms with van der Waals surface area (Å²) in [5, 5.41) is 0. The van der Waals surface area contributed by atoms with Gasteiger partial charge in [-0.25, -0.2) is 0 Å². The predicted octanol–water partition coefficient (Wildman–Crippen LogP) is 5.18. The van der Waals surface area contributed by atoms with Crippen LogP contribution in [-0.2, 0) is 4.79 Å². The summed E-state index contributed by atoms with van der Waals surface area (Å²) in [7, 11) is 1.60. The van der Waals surface area contributed by atoms with Crippen molar-refractivity contribution in [1.29, 1.82) is 0 Å². The molecule has 0 aromatic heterocycles. The van der Waals surface area contributed by atoms with E-state index in [9.17, 15) is 9.59 Å². The second-order valence-corrected chi connectivity index (χ2v) is 8.34. The molecule has 0 fully saturated rings. The van der Waals surface area contributed by atoms with Crippen LogP contribution in [0.3, 0.4) is 0 Å². The number of ether oxygens (including phenoxy) is 4. The number of esters is 1. The van der Waals surface area contributed by atoms with Crippen LogP contribution in [0.15, 0.2) is 72.0 Å². The molecule has 0 saturated carbocycles. The highest BCUT2D eigenvalue weighted by atomic mass is 16.5. The van der Waals surface area contributed by atoms with E-state index in [1.54, 1.807) is 25.3 Å². The lowest BCUT2D eigenvalue weighted by molar-refractivity contribution is -0.135. The Morgan fingerprint density at radius 2 is 1.76 bits per heavy atom. The van der Waals surface area contributed by atoms with Crippen LogP contribution in [0.4, 0.5) is 0 Å². The molecule has 0 aliphatic carbocycles. The number of para-hydroxylation sites is 1. The van der Waals surface area contributed by atoms with Gasteiger partial charge in [0.05, 0.1) is 19.1 Å². The minimum Gasteiger partial charge on any atom is -0.497 e. The van der Waals surface area contributed by atoms with Crippen molar-refractivity contribution in [2.24, 2.45) is 0 Å². The smallest absolute Gasteiger partial charge is 0.312 e. The summed E-state index contributed by atoms with van der Waals surface area (Å²) in [6.07, 6.45) is 3.91. The number of ketones is 1. The third-order valence-electron chi connectivity index (χ3n) is 6.29. The van der Waals surface area contributed by atoms with Gasteiger partial charge in [-0.15, -0.1) is 0 Å². The van der Waals surface area contributed by atoms with Crippen molar-refractivity contribution in [1.82, 2.24) is 0 Å². The number of benzene rings is 3. The summed E-state index contributed by atoms with van der Waals surface area (Å²) in [6, 6.07) is 18.4. The molecule has 6 heteroatoms. The highest BCUT2D eigenvalue weighted by Gasteiger charge is 2.39. The van der Waals surface area contributed by atoms with Crippen LogP contribution in [0, 0.1) is 0 Å². The van der Waals surface area contributed by atoms with Gasteiger partial charge in [-0.3, -0.25) is 9.59 Å². The molecule has 0 amide bonds. The van der Waals surface area contributed by atoms with Gasteiger partial charge in [0.15, 0.2) is 5.76 Å². The number of carbonyl (C=O) groups excluding carboxylic acids is 2. The van der Waals surface area contributed by atoms with Gasteiger partial charge in [-0.05, 0) is 53.6 Å². The minimum atomic E-state index is -0.324. The molecular formula is C28H20O6. The van der Waals surface area contributed by atoms with Crippen LogP contribution in [0.25, 0.3) is 12.2 Å². The lowest BCUT2D eigenvalue weighted by atomic mass is 9.83. The van der Waals surface area contributed by atoms with Crippen molar-refractivity contribution in [2.45, 2.75) is 12.3 Å². The van der Waals surface area contributed by atoms with E-state index in [0.29, 0.717) is 29.2 Å². The van der Waals surface area contributed by atoms with E-state index in [2.05, 4.69) is 6.08 Å². The molecule has 0 N–H and O–H groups in total. The van der Waals surface area contributed by atoms with Crippen molar-refractivity contribution in [3.8, 4) is 23.0 Å². The highest BCUT2D eigenvalue weighted by molar-refractivity contribution is 6.15. The molecular weight excluding hydrogens is 432 g/mol. The maximum Gasteiger partial charge on any atom is 0.312 e. The van der Waals surface area contributed by atoms with Crippen LogP contribution in [0.1, 0.15) is 39.4 Å². The van der Waals surface area contributed by atoms with Crippen LogP contribution in [0.5, 0.6) is 23.0 Å². The maximum atomic E-state index is 13.2. The number of Topliss-reactive ketones (excluding diaryl/α,β-unsaturated/α-hetero) is 1. The van der Waals surface area contributed by atoms with E-state index in [-0.39, 0.29) is 29.9 Å². The Morgan fingerprint density at radius 1 is 0.941 bits per heavy atom. The van der Waals surface area contributed by atoms with Crippen molar-refractivity contribution in [3.63, 3.8) is 0 Å². The summed E-state index contributed by atoms with van der Waals surface area (Å²) < 4.78 is 22.8. The topological polar surface area (TPSA) is 71.1 Å². The standard InChI is InChI=1S/C28H20O6/c1-31-19-8-6-16(7-9-19)12-24-27(30)20-10-11-23-26(28(20)34-24)21(14-25(29)33-23)18-13-17-4-2-3-5-22(17)32-15-18/h2-13,21H,14-15H2,1H3/b24-12-. The van der Waals surface area contributed by atoms with Crippen LogP contribution in [-0.4, -0.2) is 25.5 Å². The molecule has 0 bridgehead atoms. The molecule has 0 saturated heterocycles. The zero-order valence-electron chi connectivity index (χ0n) is 18.4. The predicted molar refractivity (Wildman–Crippen MR) is 125 cm³/mol. The fourth-order valence-electron chi connectivity index (χ4n) is 4.61. The van der Waals surface area contributed by atoms with Gasteiger partial charge < -0.3 is 18.9 Å². The molecule has 0 spiro atoms. The monoisotopic (exact) mass is 452 g/mol. The number of rotatable bonds is 3. The summed E-state index contributed by atoms with van der Waals surface area (Å²) in [6.45, 7) is 0.348. The molecule has 1 unspecified atom stereocenters. The van der Waals surface area contributed by atoms with Gasteiger partial charge in [-0.2, -0.15) is 0 Å². The first kappa shape index (κ1) is 20.3. The number of allylic oxidation sites excluding steroid dienone is 1. The molecule has 3 aromatic rings. The quantitative estimate of drug-likeness (QED) is 0.310. The van der Waals surface area contributed by atoms with E-state index in [1.807, 2.05) is 48.5 Å². The zero-order chi connectivity index (χ0) is 23.2. The largest absolute Gasteiger partial charge is 0.497 e. The summed E-state index contributed by atoms with van der Waals surface area (Å²) in [5.41, 5.74) is 3.87. The average molecular weight is 452 g/mol. The van der Waals surface area contributed by atoms with E-state index in [0.717, 1.165) is 28.2 Å². The van der Waals surface area contributed by atoms with Crippen molar-refractivity contribution >= 4 is 23.9 Å². The molecule has 1 atom stereocenters. The van der Waals surface area contributed by atoms with Crippen LogP contribution < -0.4 is 18.9 Å². The highest BCUT2D eigenvalue weighted by Crippen LogP contribution is 2.50. The first-order valence-corrected chi connectivity index (χ1v) is 11.0. The van der Waals surface area contributed by atoms with E-state index < -0.39 is 0 Å². The van der Waals surface area contributed by atoms with Gasteiger partial charge >= 0.3 is 5.97 Å². The minimum absolute atomic E-state index is 0.149. The Kier molecular flexibility index (Phi) is 4.73. The lowest BCUT2D eigenvalue weighted by Gasteiger charge is -2.29. The normalized spacial score (nSPS) is 19.3. The average Bonchev–Trinajstić information content (AvgIpc) is 3.18. The van der Waals surface area contributed by atoms with Crippen molar-refractivity contribution < 1.29 is 28.5 Å². The van der Waals surface area contributed by atoms with Gasteiger partial charge in [0.1, 0.15) is 29.6 Å². The molecule has 0 radical (unpaired) electrons. The second kappa shape index (κ2) is 7.92. The molecule has 6 nitrogen and oxygen atoms in total. The van der Waals surface area contributed by atoms with E-state index in [4.69, 9.17) is 18.9 Å². The number of hydrogen-bond donors (Lipinski definition) is 0. The Hall–Kier alpha value is -4.32. The Labute approximate surface area is 196 Å². The third-order valence-corrected chi connectivity index (χ3v) is 6.29. The number of methoxy groups -OCH3 is 1. The summed E-state index contributed by atoms with van der Waals surface area (Å²) in [4.78, 5) is 25.6. The Balaban J connectivity index is 1.41. The number of fused-ring (bicyclic) bond motifs is 4. The number of hydrogen-bond acceptors (Lipinski definition) is 6. The molecule has 3 aliphatic heterocycles. The van der Waals surface area contributed by atoms with Crippen molar-refractivity contribution in [3.05, 3.63) is 94.2 Å². The van der Waals surface area contributed by atoms with Gasteiger partial charge in [-0.1, -0.05) is 30.3 Å². The second-order valence-electron chi connectivity index (χ2n) is 8.34. The maximum absolute atomic E-state index is 13.2. The van der Waals surface area contributed by atoms with Crippen molar-refractivity contribution in [2.75, 3.05) is 13.7 Å². The SMILES string of the molecule is COc1ccc(/C=C2\Oc3c(ccc4c3C(C3=Cc5ccccc5OC3)CC(=O)O4)C2=O)cc1.